The van der Waals surface area contributed by atoms with Crippen LogP contribution in [0.15, 0.2) is 18.2 Å². The van der Waals surface area contributed by atoms with Crippen LogP contribution in [0.25, 0.3) is 0 Å². The molecule has 0 aromatic heterocycles. The van der Waals surface area contributed by atoms with Crippen molar-refractivity contribution in [2.75, 3.05) is 20.2 Å². The van der Waals surface area contributed by atoms with E-state index in [1.54, 1.807) is 19.1 Å². The van der Waals surface area contributed by atoms with E-state index in [0.717, 1.165) is 0 Å². The first kappa shape index (κ1) is 16.6. The molecule has 1 aromatic rings. The average Bonchev–Trinajstić information content (AvgIpc) is 2.38. The molecule has 0 heterocycles. The molecule has 0 saturated carbocycles. The molecule has 0 spiro atoms. The third kappa shape index (κ3) is 4.57. The number of aromatic hydroxyl groups is 1. The maximum atomic E-state index is 12.3. The number of ether oxygens (including phenoxy) is 1. The summed E-state index contributed by atoms with van der Waals surface area (Å²) in [5.41, 5.74) is 0.691. The number of phenolic OH excluding ortho intramolecular Hbond substituents is 1. The lowest BCUT2D eigenvalue weighted by Crippen LogP contribution is -2.40. The van der Waals surface area contributed by atoms with Crippen molar-refractivity contribution in [3.8, 4) is 11.5 Å². The number of methoxy groups -OCH3 is 1. The Morgan fingerprint density at radius 1 is 1.35 bits per heavy atom. The summed E-state index contributed by atoms with van der Waals surface area (Å²) in [7, 11) is 1.39. The molecular weight excluding hydrogens is 275 g/mol. The van der Waals surface area contributed by atoms with Gasteiger partial charge in [0.2, 0.25) is 0 Å². The standard InChI is InChI=1S/C13H18F3NO3/c1-3-17(8-12(19)13(14,15)16)7-9-4-5-10(18)11(6-9)20-2/h4-6,12,18-19H,3,7-8H2,1-2H3/t12-/m1/s1. The minimum atomic E-state index is -4.62. The molecule has 0 bridgehead atoms. The molecule has 2 N–H and O–H groups in total. The second-order valence-corrected chi connectivity index (χ2v) is 4.39. The van der Waals surface area contributed by atoms with E-state index >= 15 is 0 Å². The zero-order valence-electron chi connectivity index (χ0n) is 11.3. The highest BCUT2D eigenvalue weighted by molar-refractivity contribution is 5.41. The third-order valence-electron chi connectivity index (χ3n) is 2.91. The molecule has 0 aliphatic carbocycles. The minimum absolute atomic E-state index is 0.0328. The van der Waals surface area contributed by atoms with Crippen molar-refractivity contribution in [1.29, 1.82) is 0 Å². The van der Waals surface area contributed by atoms with Crippen LogP contribution in [0.4, 0.5) is 13.2 Å². The topological polar surface area (TPSA) is 52.9 Å². The SMILES string of the molecule is CCN(Cc1ccc(O)c(OC)c1)C[C@@H](O)C(F)(F)F. The quantitative estimate of drug-likeness (QED) is 0.844. The molecule has 0 saturated heterocycles. The largest absolute Gasteiger partial charge is 0.504 e. The third-order valence-corrected chi connectivity index (χ3v) is 2.91. The van der Waals surface area contributed by atoms with E-state index in [1.165, 1.54) is 18.1 Å². The fourth-order valence-electron chi connectivity index (χ4n) is 1.73. The molecule has 1 aromatic carbocycles. The summed E-state index contributed by atoms with van der Waals surface area (Å²) in [4.78, 5) is 1.46. The lowest BCUT2D eigenvalue weighted by molar-refractivity contribution is -0.208. The fraction of sp³-hybridized carbons (Fsp3) is 0.538. The van der Waals surface area contributed by atoms with Gasteiger partial charge in [-0.3, -0.25) is 4.90 Å². The van der Waals surface area contributed by atoms with Crippen molar-refractivity contribution in [3.63, 3.8) is 0 Å². The van der Waals surface area contributed by atoms with Gasteiger partial charge in [-0.25, -0.2) is 0 Å². The molecule has 1 atom stereocenters. The number of aliphatic hydroxyl groups excluding tert-OH is 1. The van der Waals surface area contributed by atoms with Gasteiger partial charge in [-0.1, -0.05) is 13.0 Å². The van der Waals surface area contributed by atoms with Crippen LogP contribution < -0.4 is 4.74 Å². The number of aliphatic hydroxyl groups is 1. The predicted molar refractivity (Wildman–Crippen MR) is 67.7 cm³/mol. The van der Waals surface area contributed by atoms with Gasteiger partial charge in [0.25, 0.3) is 0 Å². The number of hydrogen-bond donors (Lipinski definition) is 2. The molecule has 0 aliphatic heterocycles. The molecule has 7 heteroatoms. The summed E-state index contributed by atoms with van der Waals surface area (Å²) in [6.07, 6.45) is -7.00. The molecule has 1 rings (SSSR count). The van der Waals surface area contributed by atoms with Crippen LogP contribution in [-0.4, -0.2) is 47.6 Å². The van der Waals surface area contributed by atoms with Crippen molar-refractivity contribution in [3.05, 3.63) is 23.8 Å². The van der Waals surface area contributed by atoms with Crippen LogP contribution >= 0.6 is 0 Å². The molecule has 0 aliphatic rings. The predicted octanol–water partition coefficient (Wildman–Crippen LogP) is 2.15. The smallest absolute Gasteiger partial charge is 0.415 e. The van der Waals surface area contributed by atoms with Crippen molar-refractivity contribution in [1.82, 2.24) is 4.90 Å². The monoisotopic (exact) mass is 293 g/mol. The van der Waals surface area contributed by atoms with Crippen molar-refractivity contribution in [2.45, 2.75) is 25.7 Å². The van der Waals surface area contributed by atoms with Crippen molar-refractivity contribution < 1.29 is 28.1 Å². The summed E-state index contributed by atoms with van der Waals surface area (Å²) in [6.45, 7) is 1.79. The summed E-state index contributed by atoms with van der Waals surface area (Å²) in [5, 5.41) is 18.5. The number of rotatable bonds is 6. The Morgan fingerprint density at radius 3 is 2.50 bits per heavy atom. The van der Waals surface area contributed by atoms with E-state index in [1.807, 2.05) is 0 Å². The van der Waals surface area contributed by atoms with Crippen molar-refractivity contribution >= 4 is 0 Å². The van der Waals surface area contributed by atoms with E-state index in [-0.39, 0.29) is 18.0 Å². The summed E-state index contributed by atoms with van der Waals surface area (Å²) in [5.74, 6) is 0.226. The first-order valence-electron chi connectivity index (χ1n) is 6.11. The molecule has 20 heavy (non-hydrogen) atoms. The molecular formula is C13H18F3NO3. The molecule has 0 fully saturated rings. The van der Waals surface area contributed by atoms with E-state index in [0.29, 0.717) is 12.1 Å². The second-order valence-electron chi connectivity index (χ2n) is 4.39. The van der Waals surface area contributed by atoms with Crippen LogP contribution in [0.5, 0.6) is 11.5 Å². The zero-order valence-corrected chi connectivity index (χ0v) is 11.3. The van der Waals surface area contributed by atoms with Crippen molar-refractivity contribution in [2.24, 2.45) is 0 Å². The summed E-state index contributed by atoms with van der Waals surface area (Å²) in [6, 6.07) is 4.57. The summed E-state index contributed by atoms with van der Waals surface area (Å²) < 4.78 is 41.9. The van der Waals surface area contributed by atoms with Gasteiger partial charge in [0.15, 0.2) is 17.6 Å². The number of likely N-dealkylation sites (N-methyl/N-ethyl adjacent to an activating group) is 1. The molecule has 0 unspecified atom stereocenters. The maximum Gasteiger partial charge on any atom is 0.415 e. The maximum absolute atomic E-state index is 12.3. The molecule has 0 amide bonds. The van der Waals surface area contributed by atoms with E-state index in [4.69, 9.17) is 9.84 Å². The Hall–Kier alpha value is -1.47. The Kier molecular flexibility index (Phi) is 5.64. The Labute approximate surface area is 115 Å². The van der Waals surface area contributed by atoms with Crippen LogP contribution in [0.3, 0.4) is 0 Å². The van der Waals surface area contributed by atoms with E-state index < -0.39 is 18.8 Å². The van der Waals surface area contributed by atoms with Crippen LogP contribution in [0.1, 0.15) is 12.5 Å². The number of hydrogen-bond acceptors (Lipinski definition) is 4. The summed E-state index contributed by atoms with van der Waals surface area (Å²) >= 11 is 0. The van der Waals surface area contributed by atoms with E-state index in [2.05, 4.69) is 0 Å². The molecule has 114 valence electrons. The highest BCUT2D eigenvalue weighted by Crippen LogP contribution is 2.27. The normalized spacial score (nSPS) is 13.6. The van der Waals surface area contributed by atoms with Gasteiger partial charge in [-0.15, -0.1) is 0 Å². The zero-order chi connectivity index (χ0) is 15.3. The minimum Gasteiger partial charge on any atom is -0.504 e. The lowest BCUT2D eigenvalue weighted by Gasteiger charge is -2.25. The van der Waals surface area contributed by atoms with Gasteiger partial charge in [-0.2, -0.15) is 13.2 Å². The highest BCUT2D eigenvalue weighted by Gasteiger charge is 2.38. The van der Waals surface area contributed by atoms with Gasteiger partial charge >= 0.3 is 6.18 Å². The fourth-order valence-corrected chi connectivity index (χ4v) is 1.73. The first-order valence-corrected chi connectivity index (χ1v) is 6.11. The molecule has 4 nitrogen and oxygen atoms in total. The molecule has 0 radical (unpaired) electrons. The highest BCUT2D eigenvalue weighted by atomic mass is 19.4. The Balaban J connectivity index is 2.74. The number of benzene rings is 1. The van der Waals surface area contributed by atoms with Crippen LogP contribution in [0, 0.1) is 0 Å². The van der Waals surface area contributed by atoms with Gasteiger partial charge in [-0.05, 0) is 24.2 Å². The van der Waals surface area contributed by atoms with Gasteiger partial charge < -0.3 is 14.9 Å². The average molecular weight is 293 g/mol. The van der Waals surface area contributed by atoms with E-state index in [9.17, 15) is 18.3 Å². The van der Waals surface area contributed by atoms with Crippen LogP contribution in [-0.2, 0) is 6.54 Å². The number of alkyl halides is 3. The van der Waals surface area contributed by atoms with Crippen LogP contribution in [0.2, 0.25) is 0 Å². The number of nitrogens with zero attached hydrogens (tertiary/aromatic N) is 1. The Morgan fingerprint density at radius 2 is 2.00 bits per heavy atom. The van der Waals surface area contributed by atoms with Gasteiger partial charge in [0.05, 0.1) is 7.11 Å². The number of phenols is 1. The Bertz CT molecular complexity index is 437. The number of halogens is 3. The first-order chi connectivity index (χ1) is 9.27. The van der Waals surface area contributed by atoms with Gasteiger partial charge in [0, 0.05) is 13.1 Å². The second kappa shape index (κ2) is 6.81. The van der Waals surface area contributed by atoms with Gasteiger partial charge in [0.1, 0.15) is 0 Å². The lowest BCUT2D eigenvalue weighted by atomic mass is 10.1.